The molecule has 0 bridgehead atoms. The number of hydrogen-bond acceptors (Lipinski definition) is 5. The quantitative estimate of drug-likeness (QED) is 0.452. The normalized spacial score (nSPS) is 15.4. The summed E-state index contributed by atoms with van der Waals surface area (Å²) < 4.78 is 72.5. The van der Waals surface area contributed by atoms with Crippen LogP contribution in [0.2, 0.25) is 0 Å². The summed E-state index contributed by atoms with van der Waals surface area (Å²) >= 11 is 0. The van der Waals surface area contributed by atoms with Crippen LogP contribution in [0.3, 0.4) is 0 Å². The average molecular weight is 468 g/mol. The number of aromatic nitrogens is 4. The first-order chi connectivity index (χ1) is 15.6. The molecule has 11 heteroatoms. The van der Waals surface area contributed by atoms with Crippen molar-refractivity contribution in [1.82, 2.24) is 19.7 Å². The summed E-state index contributed by atoms with van der Waals surface area (Å²) in [6, 6.07) is 3.55. The zero-order chi connectivity index (χ0) is 23.8. The van der Waals surface area contributed by atoms with E-state index in [4.69, 9.17) is 4.42 Å². The van der Waals surface area contributed by atoms with E-state index in [-0.39, 0.29) is 28.8 Å². The van der Waals surface area contributed by atoms with Gasteiger partial charge in [0, 0.05) is 11.8 Å². The summed E-state index contributed by atoms with van der Waals surface area (Å²) in [6.07, 6.45) is -2.04. The minimum atomic E-state index is -4.66. The molecule has 3 aromatic heterocycles. The number of pyridine rings is 1. The molecule has 6 nitrogen and oxygen atoms in total. The zero-order valence-electron chi connectivity index (χ0n) is 17.7. The van der Waals surface area contributed by atoms with Gasteiger partial charge in [0.25, 0.3) is 11.4 Å². The topological polar surface area (TPSA) is 73.8 Å². The minimum absolute atomic E-state index is 0.0215. The highest BCUT2D eigenvalue weighted by Crippen LogP contribution is 2.34. The van der Waals surface area contributed by atoms with Crippen molar-refractivity contribution in [3.8, 4) is 11.4 Å². The molecule has 3 heterocycles. The highest BCUT2D eigenvalue weighted by atomic mass is 19.4. The Morgan fingerprint density at radius 2 is 1.94 bits per heavy atom. The molecule has 0 saturated heterocycles. The van der Waals surface area contributed by atoms with Crippen LogP contribution in [-0.4, -0.2) is 19.7 Å². The predicted octanol–water partition coefficient (Wildman–Crippen LogP) is 5.65. The van der Waals surface area contributed by atoms with Crippen molar-refractivity contribution < 1.29 is 26.4 Å². The predicted molar refractivity (Wildman–Crippen MR) is 108 cm³/mol. The van der Waals surface area contributed by atoms with E-state index in [1.54, 1.807) is 0 Å². The first kappa shape index (κ1) is 23.1. The number of nitrogens with zero attached hydrogens (tertiary/aromatic N) is 4. The second-order valence-corrected chi connectivity index (χ2v) is 8.04. The third-order valence-electron chi connectivity index (χ3n) is 5.78. The van der Waals surface area contributed by atoms with E-state index in [1.165, 1.54) is 19.2 Å². The molecule has 0 spiro atoms. The third-order valence-corrected chi connectivity index (χ3v) is 5.78. The van der Waals surface area contributed by atoms with E-state index in [1.807, 2.05) is 0 Å². The van der Waals surface area contributed by atoms with E-state index in [0.29, 0.717) is 5.56 Å². The molecule has 1 saturated carbocycles. The summed E-state index contributed by atoms with van der Waals surface area (Å²) in [5.41, 5.74) is -1.37. The van der Waals surface area contributed by atoms with Gasteiger partial charge in [0.1, 0.15) is 17.1 Å². The Morgan fingerprint density at radius 1 is 1.21 bits per heavy atom. The van der Waals surface area contributed by atoms with Crippen LogP contribution in [0.15, 0.2) is 33.6 Å². The molecule has 4 rings (SSSR count). The summed E-state index contributed by atoms with van der Waals surface area (Å²) in [7, 11) is 0. The molecule has 0 amide bonds. The average Bonchev–Trinajstić information content (AvgIpc) is 3.17. The van der Waals surface area contributed by atoms with Gasteiger partial charge in [0.05, 0.1) is 17.8 Å². The van der Waals surface area contributed by atoms with Gasteiger partial charge in [-0.15, -0.1) is 0 Å². The van der Waals surface area contributed by atoms with Crippen molar-refractivity contribution in [2.24, 2.45) is 0 Å². The van der Waals surface area contributed by atoms with Crippen LogP contribution in [0, 0.1) is 6.92 Å². The molecular weight excluding hydrogens is 447 g/mol. The van der Waals surface area contributed by atoms with Crippen molar-refractivity contribution in [2.45, 2.75) is 64.1 Å². The Kier molecular flexibility index (Phi) is 6.31. The third kappa shape index (κ3) is 4.81. The molecular formula is C22H21F5N4O2. The SMILES string of the molecule is Cc1oc(C(F)F)nc1-c1cc(C2CCCCC2)c(=O)n(Cc2ncccc2C(F)(F)F)n1. The molecule has 0 atom stereocenters. The lowest BCUT2D eigenvalue weighted by molar-refractivity contribution is -0.138. The van der Waals surface area contributed by atoms with Crippen molar-refractivity contribution >= 4 is 0 Å². The highest BCUT2D eigenvalue weighted by molar-refractivity contribution is 5.57. The van der Waals surface area contributed by atoms with Crippen LogP contribution < -0.4 is 5.56 Å². The van der Waals surface area contributed by atoms with Crippen molar-refractivity contribution in [1.29, 1.82) is 0 Å². The van der Waals surface area contributed by atoms with Crippen molar-refractivity contribution in [2.75, 3.05) is 0 Å². The number of alkyl halides is 5. The van der Waals surface area contributed by atoms with E-state index in [0.717, 1.165) is 48.9 Å². The fraction of sp³-hybridized carbons (Fsp3) is 0.455. The van der Waals surface area contributed by atoms with Gasteiger partial charge in [-0.25, -0.2) is 9.67 Å². The molecule has 176 valence electrons. The maximum absolute atomic E-state index is 13.5. The van der Waals surface area contributed by atoms with E-state index >= 15 is 0 Å². The van der Waals surface area contributed by atoms with Crippen LogP contribution in [0.1, 0.15) is 72.9 Å². The van der Waals surface area contributed by atoms with Gasteiger partial charge in [-0.2, -0.15) is 27.1 Å². The number of halogens is 5. The fourth-order valence-corrected chi connectivity index (χ4v) is 4.20. The first-order valence-electron chi connectivity index (χ1n) is 10.5. The Balaban J connectivity index is 1.85. The summed E-state index contributed by atoms with van der Waals surface area (Å²) in [5.74, 6) is -0.816. The molecule has 1 aliphatic rings. The largest absolute Gasteiger partial charge is 0.440 e. The molecule has 1 fully saturated rings. The number of rotatable bonds is 5. The number of aryl methyl sites for hydroxylation is 1. The number of hydrogen-bond donors (Lipinski definition) is 0. The van der Waals surface area contributed by atoms with Crippen molar-refractivity contribution in [3.63, 3.8) is 0 Å². The Morgan fingerprint density at radius 3 is 2.58 bits per heavy atom. The standard InChI is InChI=1S/C22H21F5N4O2/c1-12-18(29-20(33-12)19(23)24)16-10-14(13-6-3-2-4-7-13)21(32)31(30-16)11-17-15(22(25,26)27)8-5-9-28-17/h5,8-10,13,19H,2-4,6-7,11H2,1H3. The lowest BCUT2D eigenvalue weighted by Crippen LogP contribution is -2.30. The van der Waals surface area contributed by atoms with Crippen LogP contribution in [-0.2, 0) is 12.7 Å². The molecule has 0 radical (unpaired) electrons. The molecule has 0 aromatic carbocycles. The van der Waals surface area contributed by atoms with Gasteiger partial charge in [-0.1, -0.05) is 19.3 Å². The number of oxazole rings is 1. The van der Waals surface area contributed by atoms with Gasteiger partial charge in [-0.05, 0) is 43.9 Å². The first-order valence-corrected chi connectivity index (χ1v) is 10.5. The van der Waals surface area contributed by atoms with Crippen molar-refractivity contribution in [3.05, 3.63) is 63.2 Å². The molecule has 1 aliphatic carbocycles. The zero-order valence-corrected chi connectivity index (χ0v) is 17.7. The monoisotopic (exact) mass is 468 g/mol. The van der Waals surface area contributed by atoms with Crippen LogP contribution in [0.4, 0.5) is 22.0 Å². The van der Waals surface area contributed by atoms with Gasteiger partial charge in [0.15, 0.2) is 0 Å². The minimum Gasteiger partial charge on any atom is -0.440 e. The van der Waals surface area contributed by atoms with Gasteiger partial charge in [-0.3, -0.25) is 9.78 Å². The Hall–Kier alpha value is -3.11. The molecule has 0 aliphatic heterocycles. The van der Waals surface area contributed by atoms with E-state index in [2.05, 4.69) is 15.1 Å². The Labute approximate surface area is 185 Å². The molecule has 3 aromatic rings. The smallest absolute Gasteiger partial charge is 0.418 e. The molecule has 0 unspecified atom stereocenters. The van der Waals surface area contributed by atoms with Crippen LogP contribution in [0.25, 0.3) is 11.4 Å². The van der Waals surface area contributed by atoms with E-state index in [9.17, 15) is 26.7 Å². The fourth-order valence-electron chi connectivity index (χ4n) is 4.20. The molecule has 33 heavy (non-hydrogen) atoms. The maximum atomic E-state index is 13.5. The summed E-state index contributed by atoms with van der Waals surface area (Å²) in [5, 5.41) is 4.18. The lowest BCUT2D eigenvalue weighted by atomic mass is 9.84. The second-order valence-electron chi connectivity index (χ2n) is 8.04. The summed E-state index contributed by atoms with van der Waals surface area (Å²) in [6.45, 7) is 0.910. The van der Waals surface area contributed by atoms with Gasteiger partial charge < -0.3 is 4.42 Å². The van der Waals surface area contributed by atoms with Gasteiger partial charge in [0.2, 0.25) is 0 Å². The molecule has 0 N–H and O–H groups in total. The van der Waals surface area contributed by atoms with Crippen LogP contribution >= 0.6 is 0 Å². The lowest BCUT2D eigenvalue weighted by Gasteiger charge is -2.22. The van der Waals surface area contributed by atoms with Gasteiger partial charge >= 0.3 is 12.6 Å². The van der Waals surface area contributed by atoms with E-state index < -0.39 is 36.2 Å². The van der Waals surface area contributed by atoms with Crippen LogP contribution in [0.5, 0.6) is 0 Å². The Bertz CT molecular complexity index is 1200. The second kappa shape index (κ2) is 9.03. The maximum Gasteiger partial charge on any atom is 0.418 e. The highest BCUT2D eigenvalue weighted by Gasteiger charge is 2.34. The summed E-state index contributed by atoms with van der Waals surface area (Å²) in [4.78, 5) is 20.9.